The maximum atomic E-state index is 4.20. The fourth-order valence-corrected chi connectivity index (χ4v) is 2.03. The standard InChI is InChI=1S/C14H24N2/c1-5-12-10-16-9-8-13(12)14(15-4)7-6-11(2)3/h8-11,14-15H,5-7H2,1-4H3. The Morgan fingerprint density at radius 2 is 2.06 bits per heavy atom. The van der Waals surface area contributed by atoms with Crippen LogP contribution in [-0.4, -0.2) is 12.0 Å². The third-order valence-corrected chi connectivity index (χ3v) is 3.08. The summed E-state index contributed by atoms with van der Waals surface area (Å²) in [6.07, 6.45) is 7.41. The molecule has 0 aliphatic carbocycles. The van der Waals surface area contributed by atoms with E-state index in [-0.39, 0.29) is 0 Å². The van der Waals surface area contributed by atoms with Crippen LogP contribution < -0.4 is 5.32 Å². The van der Waals surface area contributed by atoms with Gasteiger partial charge in [0.2, 0.25) is 0 Å². The topological polar surface area (TPSA) is 24.9 Å². The van der Waals surface area contributed by atoms with Crippen LogP contribution in [0.4, 0.5) is 0 Å². The van der Waals surface area contributed by atoms with E-state index < -0.39 is 0 Å². The van der Waals surface area contributed by atoms with Crippen molar-refractivity contribution >= 4 is 0 Å². The van der Waals surface area contributed by atoms with Crippen molar-refractivity contribution in [2.24, 2.45) is 5.92 Å². The fourth-order valence-electron chi connectivity index (χ4n) is 2.03. The van der Waals surface area contributed by atoms with Crippen molar-refractivity contribution in [3.63, 3.8) is 0 Å². The molecule has 1 aromatic heterocycles. The van der Waals surface area contributed by atoms with E-state index in [0.717, 1.165) is 12.3 Å². The second kappa shape index (κ2) is 6.64. The van der Waals surface area contributed by atoms with E-state index in [1.54, 1.807) is 0 Å². The van der Waals surface area contributed by atoms with E-state index in [1.807, 2.05) is 19.4 Å². The summed E-state index contributed by atoms with van der Waals surface area (Å²) in [6, 6.07) is 2.63. The molecule has 1 atom stereocenters. The number of nitrogens with one attached hydrogen (secondary N) is 1. The normalized spacial score (nSPS) is 13.1. The molecule has 1 unspecified atom stereocenters. The molecule has 0 bridgehead atoms. The van der Waals surface area contributed by atoms with Gasteiger partial charge in [-0.15, -0.1) is 0 Å². The first-order valence-corrected chi connectivity index (χ1v) is 6.29. The molecule has 2 heteroatoms. The minimum absolute atomic E-state index is 0.473. The van der Waals surface area contributed by atoms with Gasteiger partial charge in [-0.3, -0.25) is 4.98 Å². The summed E-state index contributed by atoms with van der Waals surface area (Å²) in [4.78, 5) is 4.20. The van der Waals surface area contributed by atoms with Crippen LogP contribution in [-0.2, 0) is 6.42 Å². The maximum Gasteiger partial charge on any atom is 0.0321 e. The van der Waals surface area contributed by atoms with E-state index >= 15 is 0 Å². The zero-order valence-electron chi connectivity index (χ0n) is 11.0. The molecular weight excluding hydrogens is 196 g/mol. The predicted octanol–water partition coefficient (Wildman–Crippen LogP) is 3.34. The van der Waals surface area contributed by atoms with Gasteiger partial charge in [0.05, 0.1) is 0 Å². The SMILES string of the molecule is CCc1cnccc1C(CCC(C)C)NC. The summed E-state index contributed by atoms with van der Waals surface area (Å²) in [6.45, 7) is 6.75. The van der Waals surface area contributed by atoms with E-state index in [9.17, 15) is 0 Å². The average Bonchev–Trinajstić information content (AvgIpc) is 2.30. The molecular formula is C14H24N2. The lowest BCUT2D eigenvalue weighted by atomic mass is 9.94. The minimum atomic E-state index is 0.473. The second-order valence-corrected chi connectivity index (χ2v) is 4.74. The Kier molecular flexibility index (Phi) is 5.47. The summed E-state index contributed by atoms with van der Waals surface area (Å²) < 4.78 is 0. The number of nitrogens with zero attached hydrogens (tertiary/aromatic N) is 1. The maximum absolute atomic E-state index is 4.20. The van der Waals surface area contributed by atoms with Crippen LogP contribution in [0.5, 0.6) is 0 Å². The van der Waals surface area contributed by atoms with Gasteiger partial charge in [0.25, 0.3) is 0 Å². The number of aryl methyl sites for hydroxylation is 1. The molecule has 1 N–H and O–H groups in total. The Morgan fingerprint density at radius 3 is 2.62 bits per heavy atom. The van der Waals surface area contributed by atoms with Crippen LogP contribution >= 0.6 is 0 Å². The Morgan fingerprint density at radius 1 is 1.31 bits per heavy atom. The molecule has 0 aliphatic rings. The number of hydrogen-bond donors (Lipinski definition) is 1. The van der Waals surface area contributed by atoms with Crippen LogP contribution in [0.25, 0.3) is 0 Å². The van der Waals surface area contributed by atoms with Crippen molar-refractivity contribution in [3.05, 3.63) is 29.6 Å². The number of pyridine rings is 1. The van der Waals surface area contributed by atoms with Crippen LogP contribution in [0.2, 0.25) is 0 Å². The van der Waals surface area contributed by atoms with Crippen molar-refractivity contribution in [1.82, 2.24) is 10.3 Å². The lowest BCUT2D eigenvalue weighted by Crippen LogP contribution is -2.18. The highest BCUT2D eigenvalue weighted by atomic mass is 14.9. The average molecular weight is 220 g/mol. The lowest BCUT2D eigenvalue weighted by Gasteiger charge is -2.20. The number of aromatic nitrogens is 1. The van der Waals surface area contributed by atoms with E-state index in [1.165, 1.54) is 24.0 Å². The van der Waals surface area contributed by atoms with Gasteiger partial charge >= 0.3 is 0 Å². The van der Waals surface area contributed by atoms with Gasteiger partial charge in [0.15, 0.2) is 0 Å². The first kappa shape index (κ1) is 13.2. The van der Waals surface area contributed by atoms with Gasteiger partial charge in [0.1, 0.15) is 0 Å². The molecule has 0 radical (unpaired) electrons. The number of hydrogen-bond acceptors (Lipinski definition) is 2. The van der Waals surface area contributed by atoms with Crippen molar-refractivity contribution in [2.45, 2.75) is 46.1 Å². The van der Waals surface area contributed by atoms with Gasteiger partial charge in [-0.2, -0.15) is 0 Å². The van der Waals surface area contributed by atoms with Crippen molar-refractivity contribution in [3.8, 4) is 0 Å². The van der Waals surface area contributed by atoms with E-state index in [2.05, 4.69) is 37.1 Å². The molecule has 2 nitrogen and oxygen atoms in total. The van der Waals surface area contributed by atoms with Gasteiger partial charge in [-0.05, 0) is 49.4 Å². The van der Waals surface area contributed by atoms with Gasteiger partial charge < -0.3 is 5.32 Å². The third-order valence-electron chi connectivity index (χ3n) is 3.08. The molecule has 1 rings (SSSR count). The highest BCUT2D eigenvalue weighted by molar-refractivity contribution is 5.26. The van der Waals surface area contributed by atoms with Crippen molar-refractivity contribution in [1.29, 1.82) is 0 Å². The predicted molar refractivity (Wildman–Crippen MR) is 69.5 cm³/mol. The van der Waals surface area contributed by atoms with E-state index in [0.29, 0.717) is 6.04 Å². The molecule has 0 saturated carbocycles. The highest BCUT2D eigenvalue weighted by Crippen LogP contribution is 2.23. The smallest absolute Gasteiger partial charge is 0.0321 e. The Hall–Kier alpha value is -0.890. The molecule has 0 fully saturated rings. The first-order chi connectivity index (χ1) is 7.69. The lowest BCUT2D eigenvalue weighted by molar-refractivity contribution is 0.463. The van der Waals surface area contributed by atoms with Gasteiger partial charge in [0, 0.05) is 18.4 Å². The quantitative estimate of drug-likeness (QED) is 0.795. The molecule has 0 aliphatic heterocycles. The molecule has 1 aromatic rings. The minimum Gasteiger partial charge on any atom is -0.313 e. The van der Waals surface area contributed by atoms with Gasteiger partial charge in [-0.1, -0.05) is 20.8 Å². The van der Waals surface area contributed by atoms with E-state index in [4.69, 9.17) is 0 Å². The first-order valence-electron chi connectivity index (χ1n) is 6.29. The summed E-state index contributed by atoms with van der Waals surface area (Å²) >= 11 is 0. The summed E-state index contributed by atoms with van der Waals surface area (Å²) in [7, 11) is 2.05. The van der Waals surface area contributed by atoms with Crippen LogP contribution in [0.3, 0.4) is 0 Å². The summed E-state index contributed by atoms with van der Waals surface area (Å²) in [5.74, 6) is 0.766. The molecule has 0 saturated heterocycles. The van der Waals surface area contributed by atoms with Crippen LogP contribution in [0, 0.1) is 5.92 Å². The molecule has 1 heterocycles. The third kappa shape index (κ3) is 3.60. The zero-order valence-corrected chi connectivity index (χ0v) is 11.0. The van der Waals surface area contributed by atoms with Gasteiger partial charge in [-0.25, -0.2) is 0 Å². The van der Waals surface area contributed by atoms with Crippen molar-refractivity contribution < 1.29 is 0 Å². The largest absolute Gasteiger partial charge is 0.313 e. The van der Waals surface area contributed by atoms with Crippen LogP contribution in [0.15, 0.2) is 18.5 Å². The molecule has 16 heavy (non-hydrogen) atoms. The fraction of sp³-hybridized carbons (Fsp3) is 0.643. The second-order valence-electron chi connectivity index (χ2n) is 4.74. The molecule has 0 spiro atoms. The van der Waals surface area contributed by atoms with Crippen LogP contribution in [0.1, 0.15) is 50.8 Å². The monoisotopic (exact) mass is 220 g/mol. The Bertz CT molecular complexity index is 307. The Balaban J connectivity index is 2.77. The number of rotatable bonds is 6. The molecule has 0 amide bonds. The van der Waals surface area contributed by atoms with Crippen molar-refractivity contribution in [2.75, 3.05) is 7.05 Å². The molecule has 0 aromatic carbocycles. The summed E-state index contributed by atoms with van der Waals surface area (Å²) in [5, 5.41) is 3.42. The highest BCUT2D eigenvalue weighted by Gasteiger charge is 2.12. The Labute approximate surface area is 99.5 Å². The molecule has 90 valence electrons. The zero-order chi connectivity index (χ0) is 12.0. The summed E-state index contributed by atoms with van der Waals surface area (Å²) in [5.41, 5.74) is 2.78.